The first-order valence-corrected chi connectivity index (χ1v) is 5.32. The van der Waals surface area contributed by atoms with Gasteiger partial charge in [0, 0.05) is 12.1 Å². The molecule has 0 aliphatic heterocycles. The zero-order valence-electron chi connectivity index (χ0n) is 9.77. The zero-order valence-corrected chi connectivity index (χ0v) is 9.77. The van der Waals surface area contributed by atoms with Crippen LogP contribution >= 0.6 is 0 Å². The van der Waals surface area contributed by atoms with Crippen LogP contribution in [0.2, 0.25) is 0 Å². The van der Waals surface area contributed by atoms with Gasteiger partial charge in [-0.1, -0.05) is 24.1 Å². The van der Waals surface area contributed by atoms with Crippen LogP contribution in [0.4, 0.5) is 0 Å². The number of hydrogen-bond acceptors (Lipinski definition) is 3. The second kappa shape index (κ2) is 6.56. The van der Waals surface area contributed by atoms with Crippen LogP contribution < -0.4 is 15.8 Å². The summed E-state index contributed by atoms with van der Waals surface area (Å²) in [6.45, 7) is 2.44. The summed E-state index contributed by atoms with van der Waals surface area (Å²) in [6, 6.07) is 7.13. The maximum Gasteiger partial charge on any atom is 0.234 e. The predicted octanol–water partition coefficient (Wildman–Crippen LogP) is 0.662. The fourth-order valence-electron chi connectivity index (χ4n) is 1.27. The Morgan fingerprint density at radius 3 is 2.94 bits per heavy atom. The molecule has 90 valence electrons. The van der Waals surface area contributed by atoms with Gasteiger partial charge in [0.1, 0.15) is 12.4 Å². The molecule has 4 heteroatoms. The number of rotatable bonds is 6. The first kappa shape index (κ1) is 13.1. The van der Waals surface area contributed by atoms with E-state index in [4.69, 9.17) is 16.9 Å². The largest absolute Gasteiger partial charge is 0.481 e. The summed E-state index contributed by atoms with van der Waals surface area (Å²) in [5.41, 5.74) is 6.10. The van der Waals surface area contributed by atoms with Crippen molar-refractivity contribution in [1.29, 1.82) is 0 Å². The molecule has 1 atom stereocenters. The van der Waals surface area contributed by atoms with E-state index >= 15 is 0 Å². The molecular weight excluding hydrogens is 216 g/mol. The van der Waals surface area contributed by atoms with Gasteiger partial charge < -0.3 is 15.8 Å². The standard InChI is InChI=1S/C13H16N2O2/c1-3-8-17-12-7-5-4-6-11(12)9-15-10(2)13(14)16/h1,4-7,10,15H,8-9H2,2H3,(H2,14,16). The molecule has 0 heterocycles. The summed E-state index contributed by atoms with van der Waals surface area (Å²) in [5, 5.41) is 3.01. The number of carbonyl (C=O) groups is 1. The molecule has 17 heavy (non-hydrogen) atoms. The minimum atomic E-state index is -0.382. The molecule has 0 bridgehead atoms. The highest BCUT2D eigenvalue weighted by Crippen LogP contribution is 2.17. The molecule has 1 aromatic rings. The summed E-state index contributed by atoms with van der Waals surface area (Å²) in [5.74, 6) is 2.74. The fourth-order valence-corrected chi connectivity index (χ4v) is 1.27. The van der Waals surface area contributed by atoms with Gasteiger partial charge in [0.2, 0.25) is 5.91 Å². The topological polar surface area (TPSA) is 64.3 Å². The third kappa shape index (κ3) is 4.17. The van der Waals surface area contributed by atoms with E-state index in [1.54, 1.807) is 6.92 Å². The van der Waals surface area contributed by atoms with Crippen molar-refractivity contribution in [2.24, 2.45) is 5.73 Å². The van der Waals surface area contributed by atoms with Gasteiger partial charge in [-0.3, -0.25) is 4.79 Å². The van der Waals surface area contributed by atoms with Crippen molar-refractivity contribution in [1.82, 2.24) is 5.32 Å². The lowest BCUT2D eigenvalue weighted by Gasteiger charge is -2.13. The first-order valence-electron chi connectivity index (χ1n) is 5.32. The smallest absolute Gasteiger partial charge is 0.234 e. The Bertz CT molecular complexity index is 424. The summed E-state index contributed by atoms with van der Waals surface area (Å²) >= 11 is 0. The molecule has 0 aromatic heterocycles. The van der Waals surface area contributed by atoms with Crippen LogP contribution in [0.1, 0.15) is 12.5 Å². The van der Waals surface area contributed by atoms with Gasteiger partial charge in [0.25, 0.3) is 0 Å². The van der Waals surface area contributed by atoms with Crippen molar-refractivity contribution in [2.75, 3.05) is 6.61 Å². The number of primary amides is 1. The highest BCUT2D eigenvalue weighted by Gasteiger charge is 2.09. The summed E-state index contributed by atoms with van der Waals surface area (Å²) in [7, 11) is 0. The van der Waals surface area contributed by atoms with E-state index in [1.165, 1.54) is 0 Å². The van der Waals surface area contributed by atoms with Gasteiger partial charge >= 0.3 is 0 Å². The Morgan fingerprint density at radius 1 is 1.59 bits per heavy atom. The number of terminal acetylenes is 1. The molecule has 1 unspecified atom stereocenters. The summed E-state index contributed by atoms with van der Waals surface area (Å²) < 4.78 is 5.39. The Hall–Kier alpha value is -1.99. The predicted molar refractivity (Wildman–Crippen MR) is 66.3 cm³/mol. The lowest BCUT2D eigenvalue weighted by Crippen LogP contribution is -2.38. The molecule has 0 saturated carbocycles. The van der Waals surface area contributed by atoms with Crippen molar-refractivity contribution >= 4 is 5.91 Å². The molecule has 1 aromatic carbocycles. The van der Waals surface area contributed by atoms with Crippen LogP contribution in [0.5, 0.6) is 5.75 Å². The summed E-state index contributed by atoms with van der Waals surface area (Å²) in [4.78, 5) is 10.9. The van der Waals surface area contributed by atoms with Gasteiger partial charge in [-0.2, -0.15) is 0 Å². The number of benzene rings is 1. The van der Waals surface area contributed by atoms with E-state index in [9.17, 15) is 4.79 Å². The first-order chi connectivity index (χ1) is 8.15. The SMILES string of the molecule is C#CCOc1ccccc1CNC(C)C(N)=O. The average Bonchev–Trinajstić information content (AvgIpc) is 2.34. The molecule has 0 saturated heterocycles. The maximum atomic E-state index is 10.9. The highest BCUT2D eigenvalue weighted by atomic mass is 16.5. The molecule has 1 rings (SSSR count). The lowest BCUT2D eigenvalue weighted by molar-refractivity contribution is -0.119. The Kier molecular flexibility index (Phi) is 5.05. The normalized spacial score (nSPS) is 11.5. The minimum absolute atomic E-state index is 0.225. The number of hydrogen-bond donors (Lipinski definition) is 2. The molecule has 0 fully saturated rings. The number of nitrogens with two attached hydrogens (primary N) is 1. The van der Waals surface area contributed by atoms with E-state index in [1.807, 2.05) is 24.3 Å². The molecular formula is C13H16N2O2. The molecule has 3 N–H and O–H groups in total. The van der Waals surface area contributed by atoms with E-state index < -0.39 is 0 Å². The molecule has 4 nitrogen and oxygen atoms in total. The summed E-state index contributed by atoms with van der Waals surface area (Å²) in [6.07, 6.45) is 5.14. The highest BCUT2D eigenvalue weighted by molar-refractivity contribution is 5.79. The van der Waals surface area contributed by atoms with Crippen molar-refractivity contribution in [3.05, 3.63) is 29.8 Å². The molecule has 0 radical (unpaired) electrons. The van der Waals surface area contributed by atoms with Crippen molar-refractivity contribution in [2.45, 2.75) is 19.5 Å². The van der Waals surface area contributed by atoms with Gasteiger partial charge in [-0.25, -0.2) is 0 Å². The van der Waals surface area contributed by atoms with Gasteiger partial charge in [-0.15, -0.1) is 6.42 Å². The van der Waals surface area contributed by atoms with Crippen LogP contribution in [-0.4, -0.2) is 18.6 Å². The monoisotopic (exact) mass is 232 g/mol. The minimum Gasteiger partial charge on any atom is -0.481 e. The second-order valence-electron chi connectivity index (χ2n) is 3.61. The van der Waals surface area contributed by atoms with Crippen molar-refractivity contribution in [3.8, 4) is 18.1 Å². The number of ether oxygens (including phenoxy) is 1. The number of amides is 1. The van der Waals surface area contributed by atoms with Gasteiger partial charge in [0.15, 0.2) is 0 Å². The maximum absolute atomic E-state index is 10.9. The Morgan fingerprint density at radius 2 is 2.29 bits per heavy atom. The van der Waals surface area contributed by atoms with Gasteiger partial charge in [-0.05, 0) is 13.0 Å². The van der Waals surface area contributed by atoms with Crippen LogP contribution in [0.25, 0.3) is 0 Å². The Labute approximate surface area is 101 Å². The molecule has 1 amide bonds. The van der Waals surface area contributed by atoms with Crippen LogP contribution in [0.3, 0.4) is 0 Å². The number of carbonyl (C=O) groups excluding carboxylic acids is 1. The van der Waals surface area contributed by atoms with Crippen molar-refractivity contribution < 1.29 is 9.53 Å². The van der Waals surface area contributed by atoms with E-state index in [0.717, 1.165) is 11.3 Å². The zero-order chi connectivity index (χ0) is 12.7. The van der Waals surface area contributed by atoms with Crippen LogP contribution in [-0.2, 0) is 11.3 Å². The van der Waals surface area contributed by atoms with Crippen LogP contribution in [0.15, 0.2) is 24.3 Å². The Balaban J connectivity index is 2.64. The molecule has 0 aliphatic carbocycles. The average molecular weight is 232 g/mol. The quantitative estimate of drug-likeness (QED) is 0.708. The second-order valence-corrected chi connectivity index (χ2v) is 3.61. The van der Waals surface area contributed by atoms with E-state index in [0.29, 0.717) is 6.54 Å². The van der Waals surface area contributed by atoms with Crippen molar-refractivity contribution in [3.63, 3.8) is 0 Å². The van der Waals surface area contributed by atoms with E-state index in [2.05, 4.69) is 11.2 Å². The number of para-hydroxylation sites is 1. The molecule has 0 spiro atoms. The van der Waals surface area contributed by atoms with Gasteiger partial charge in [0.05, 0.1) is 6.04 Å². The third-order valence-electron chi connectivity index (χ3n) is 2.31. The lowest BCUT2D eigenvalue weighted by atomic mass is 10.2. The fraction of sp³-hybridized carbons (Fsp3) is 0.308. The van der Waals surface area contributed by atoms with E-state index in [-0.39, 0.29) is 18.6 Å². The molecule has 0 aliphatic rings. The number of nitrogens with one attached hydrogen (secondary N) is 1. The van der Waals surface area contributed by atoms with Crippen LogP contribution in [0, 0.1) is 12.3 Å². The third-order valence-corrected chi connectivity index (χ3v) is 2.31.